The largest absolute Gasteiger partial charge is 0.396 e. The molecule has 1 aromatic rings. The molecule has 0 spiro atoms. The molecule has 0 radical (unpaired) electrons. The van der Waals surface area contributed by atoms with Crippen molar-refractivity contribution in [2.24, 2.45) is 0 Å². The van der Waals surface area contributed by atoms with Gasteiger partial charge in [-0.25, -0.2) is 8.42 Å². The van der Waals surface area contributed by atoms with Crippen LogP contribution in [-0.2, 0) is 10.0 Å². The Morgan fingerprint density at radius 2 is 2.20 bits per heavy atom. The third-order valence-corrected chi connectivity index (χ3v) is 4.77. The Kier molecular flexibility index (Phi) is 2.30. The van der Waals surface area contributed by atoms with E-state index >= 15 is 0 Å². The van der Waals surface area contributed by atoms with Gasteiger partial charge in [0.2, 0.25) is 10.0 Å². The molecule has 1 saturated carbocycles. The topological polar surface area (TPSA) is 76.3 Å². The number of anilines is 2. The Hall–Kier alpha value is -1.30. The first-order chi connectivity index (χ1) is 7.03. The van der Waals surface area contributed by atoms with Gasteiger partial charge in [-0.3, -0.25) is 9.29 Å². The number of hydrogen-bond acceptors (Lipinski definition) is 4. The molecule has 1 fully saturated rings. The van der Waals surface area contributed by atoms with E-state index in [1.807, 2.05) is 0 Å². The van der Waals surface area contributed by atoms with Gasteiger partial charge in [0.1, 0.15) is 0 Å². The lowest BCUT2D eigenvalue weighted by Gasteiger charge is -2.20. The second-order valence-corrected chi connectivity index (χ2v) is 5.89. The van der Waals surface area contributed by atoms with Crippen LogP contribution in [0.5, 0.6) is 0 Å². The second kappa shape index (κ2) is 3.37. The molecule has 6 heteroatoms. The molecule has 0 aliphatic heterocycles. The van der Waals surface area contributed by atoms with Crippen molar-refractivity contribution in [2.45, 2.75) is 18.1 Å². The molecule has 15 heavy (non-hydrogen) atoms. The standard InChI is InChI=1S/C9H13N3O2S/c1-12(15(13,14)7-2-3-7)9-4-5-11-6-8(9)10/h4-7H,2-3,10H2,1H3. The summed E-state index contributed by atoms with van der Waals surface area (Å²) in [7, 11) is -1.69. The molecule has 1 aliphatic carbocycles. The van der Waals surface area contributed by atoms with Crippen LogP contribution in [0.2, 0.25) is 0 Å². The molecule has 2 rings (SSSR count). The van der Waals surface area contributed by atoms with Gasteiger partial charge in [-0.05, 0) is 18.9 Å². The van der Waals surface area contributed by atoms with E-state index in [2.05, 4.69) is 4.98 Å². The van der Waals surface area contributed by atoms with Crippen molar-refractivity contribution < 1.29 is 8.42 Å². The molecule has 0 amide bonds. The van der Waals surface area contributed by atoms with Gasteiger partial charge >= 0.3 is 0 Å². The maximum absolute atomic E-state index is 11.9. The minimum atomic E-state index is -3.22. The van der Waals surface area contributed by atoms with E-state index in [-0.39, 0.29) is 5.25 Å². The van der Waals surface area contributed by atoms with Crippen LogP contribution < -0.4 is 10.0 Å². The molecule has 0 aromatic carbocycles. The molecule has 0 bridgehead atoms. The third-order valence-electron chi connectivity index (χ3n) is 2.49. The summed E-state index contributed by atoms with van der Waals surface area (Å²) in [5, 5.41) is -0.227. The van der Waals surface area contributed by atoms with Crippen molar-refractivity contribution >= 4 is 21.4 Å². The van der Waals surface area contributed by atoms with Crippen molar-refractivity contribution in [2.75, 3.05) is 17.1 Å². The number of aromatic nitrogens is 1. The summed E-state index contributed by atoms with van der Waals surface area (Å²) in [5.41, 5.74) is 6.55. The Labute approximate surface area is 89.0 Å². The summed E-state index contributed by atoms with van der Waals surface area (Å²) in [6.45, 7) is 0. The predicted octanol–water partition coefficient (Wildman–Crippen LogP) is 0.592. The van der Waals surface area contributed by atoms with E-state index in [1.54, 1.807) is 6.07 Å². The summed E-state index contributed by atoms with van der Waals surface area (Å²) >= 11 is 0. The average Bonchev–Trinajstić information content (AvgIpc) is 3.00. The Morgan fingerprint density at radius 1 is 1.53 bits per heavy atom. The van der Waals surface area contributed by atoms with Crippen molar-refractivity contribution in [1.29, 1.82) is 0 Å². The number of sulfonamides is 1. The lowest BCUT2D eigenvalue weighted by Crippen LogP contribution is -2.30. The Morgan fingerprint density at radius 3 is 2.73 bits per heavy atom. The van der Waals surface area contributed by atoms with Crippen molar-refractivity contribution in [1.82, 2.24) is 4.98 Å². The van der Waals surface area contributed by atoms with Crippen LogP contribution in [-0.4, -0.2) is 25.7 Å². The van der Waals surface area contributed by atoms with Gasteiger partial charge < -0.3 is 5.73 Å². The molecule has 5 nitrogen and oxygen atoms in total. The number of rotatable bonds is 3. The fourth-order valence-electron chi connectivity index (χ4n) is 1.41. The van der Waals surface area contributed by atoms with E-state index in [9.17, 15) is 8.42 Å². The van der Waals surface area contributed by atoms with E-state index in [0.717, 1.165) is 12.8 Å². The molecule has 2 N–H and O–H groups in total. The molecule has 1 aliphatic rings. The monoisotopic (exact) mass is 227 g/mol. The molecular weight excluding hydrogens is 214 g/mol. The summed E-state index contributed by atoms with van der Waals surface area (Å²) in [6.07, 6.45) is 4.48. The van der Waals surface area contributed by atoms with Gasteiger partial charge in [0.15, 0.2) is 0 Å². The molecule has 1 heterocycles. The van der Waals surface area contributed by atoms with Crippen LogP contribution in [0.15, 0.2) is 18.5 Å². The molecule has 0 unspecified atom stereocenters. The van der Waals surface area contributed by atoms with Gasteiger partial charge in [-0.2, -0.15) is 0 Å². The normalized spacial score (nSPS) is 16.3. The fourth-order valence-corrected chi connectivity index (χ4v) is 3.03. The maximum atomic E-state index is 11.9. The average molecular weight is 227 g/mol. The summed E-state index contributed by atoms with van der Waals surface area (Å²) in [6, 6.07) is 1.61. The fraction of sp³-hybridized carbons (Fsp3) is 0.444. The van der Waals surface area contributed by atoms with E-state index < -0.39 is 10.0 Å². The number of hydrogen-bond donors (Lipinski definition) is 1. The van der Waals surface area contributed by atoms with Crippen molar-refractivity contribution in [3.8, 4) is 0 Å². The van der Waals surface area contributed by atoms with Gasteiger partial charge in [-0.15, -0.1) is 0 Å². The second-order valence-electron chi connectivity index (χ2n) is 3.65. The number of nitrogens with two attached hydrogens (primary N) is 1. The molecule has 0 atom stereocenters. The van der Waals surface area contributed by atoms with E-state index in [4.69, 9.17) is 5.73 Å². The molecule has 82 valence electrons. The van der Waals surface area contributed by atoms with E-state index in [1.165, 1.54) is 23.7 Å². The highest BCUT2D eigenvalue weighted by Gasteiger charge is 2.39. The third kappa shape index (κ3) is 1.77. The number of pyridine rings is 1. The number of nitrogen functional groups attached to an aromatic ring is 1. The van der Waals surface area contributed by atoms with Crippen LogP contribution in [0.3, 0.4) is 0 Å². The highest BCUT2D eigenvalue weighted by atomic mass is 32.2. The van der Waals surface area contributed by atoms with Crippen LogP contribution >= 0.6 is 0 Å². The molecular formula is C9H13N3O2S. The Bertz CT molecular complexity index is 468. The zero-order chi connectivity index (χ0) is 11.1. The Balaban J connectivity index is 2.36. The van der Waals surface area contributed by atoms with Crippen LogP contribution in [0.1, 0.15) is 12.8 Å². The highest BCUT2D eigenvalue weighted by molar-refractivity contribution is 7.93. The maximum Gasteiger partial charge on any atom is 0.237 e. The first-order valence-electron chi connectivity index (χ1n) is 4.70. The van der Waals surface area contributed by atoms with Crippen LogP contribution in [0, 0.1) is 0 Å². The lowest BCUT2D eigenvalue weighted by atomic mass is 10.3. The van der Waals surface area contributed by atoms with Gasteiger partial charge in [0.25, 0.3) is 0 Å². The van der Waals surface area contributed by atoms with Gasteiger partial charge in [-0.1, -0.05) is 0 Å². The van der Waals surface area contributed by atoms with Gasteiger partial charge in [0.05, 0.1) is 22.8 Å². The minimum absolute atomic E-state index is 0.227. The first kappa shape index (κ1) is 10.2. The SMILES string of the molecule is CN(c1ccncc1N)S(=O)(=O)C1CC1. The highest BCUT2D eigenvalue weighted by Crippen LogP contribution is 2.34. The summed E-state index contributed by atoms with van der Waals surface area (Å²) in [4.78, 5) is 3.82. The van der Waals surface area contributed by atoms with E-state index in [0.29, 0.717) is 11.4 Å². The number of nitrogens with zero attached hydrogens (tertiary/aromatic N) is 2. The predicted molar refractivity (Wildman–Crippen MR) is 59.0 cm³/mol. The quantitative estimate of drug-likeness (QED) is 0.820. The van der Waals surface area contributed by atoms with Crippen molar-refractivity contribution in [3.05, 3.63) is 18.5 Å². The first-order valence-corrected chi connectivity index (χ1v) is 6.21. The van der Waals surface area contributed by atoms with Crippen molar-refractivity contribution in [3.63, 3.8) is 0 Å². The lowest BCUT2D eigenvalue weighted by molar-refractivity contribution is 0.593. The smallest absolute Gasteiger partial charge is 0.237 e. The zero-order valence-electron chi connectivity index (χ0n) is 8.42. The van der Waals surface area contributed by atoms with Crippen LogP contribution in [0.4, 0.5) is 11.4 Å². The minimum Gasteiger partial charge on any atom is -0.396 e. The molecule has 1 aromatic heterocycles. The zero-order valence-corrected chi connectivity index (χ0v) is 9.24. The summed E-state index contributed by atoms with van der Waals surface area (Å²) < 4.78 is 25.0. The molecule has 0 saturated heterocycles. The summed E-state index contributed by atoms with van der Waals surface area (Å²) in [5.74, 6) is 0. The van der Waals surface area contributed by atoms with Crippen LogP contribution in [0.25, 0.3) is 0 Å². The van der Waals surface area contributed by atoms with Gasteiger partial charge in [0, 0.05) is 13.2 Å².